The highest BCUT2D eigenvalue weighted by atomic mass is 35.5. The summed E-state index contributed by atoms with van der Waals surface area (Å²) in [5, 5.41) is 4.75. The number of hydrogen-bond acceptors (Lipinski definition) is 3. The molecule has 1 unspecified atom stereocenters. The lowest BCUT2D eigenvalue weighted by Crippen LogP contribution is -2.43. The molecule has 0 aliphatic heterocycles. The maximum Gasteiger partial charge on any atom is 0.261 e. The maximum absolute atomic E-state index is 9.19. The lowest BCUT2D eigenvalue weighted by Gasteiger charge is -2.40. The fourth-order valence-electron chi connectivity index (χ4n) is 3.30. The summed E-state index contributed by atoms with van der Waals surface area (Å²) in [4.78, 5) is 0. The summed E-state index contributed by atoms with van der Waals surface area (Å²) in [6, 6.07) is 14.6. The number of aryl methyl sites for hydroxylation is 1. The van der Waals surface area contributed by atoms with E-state index >= 15 is 0 Å². The van der Waals surface area contributed by atoms with E-state index in [9.17, 15) is 8.42 Å². The van der Waals surface area contributed by atoms with E-state index in [-0.39, 0.29) is 5.54 Å². The average Bonchev–Trinajstić information content (AvgIpc) is 2.55. The van der Waals surface area contributed by atoms with E-state index in [1.54, 1.807) is 0 Å². The van der Waals surface area contributed by atoms with Crippen LogP contribution in [0, 0.1) is 0 Å². The molecular formula is C18H21Cl2NO3S. The molecule has 0 spiro atoms. The second-order valence-electron chi connectivity index (χ2n) is 6.03. The van der Waals surface area contributed by atoms with E-state index in [1.165, 1.54) is 16.7 Å². The van der Waals surface area contributed by atoms with Crippen molar-refractivity contribution in [3.63, 3.8) is 0 Å². The smallest absolute Gasteiger partial charge is 0.261 e. The monoisotopic (exact) mass is 401 g/mol. The molecule has 0 fully saturated rings. The summed E-state index contributed by atoms with van der Waals surface area (Å²) in [7, 11) is -1.65. The van der Waals surface area contributed by atoms with Crippen LogP contribution in [-0.2, 0) is 22.1 Å². The predicted octanol–water partition coefficient (Wildman–Crippen LogP) is 4.30. The fraction of sp³-hybridized carbons (Fsp3) is 0.333. The minimum atomic E-state index is -3.67. The zero-order chi connectivity index (χ0) is 18.7. The van der Waals surface area contributed by atoms with E-state index in [4.69, 9.17) is 27.8 Å². The summed E-state index contributed by atoms with van der Waals surface area (Å²) in [5.41, 5.74) is 3.79. The molecule has 0 bridgehead atoms. The Hall–Kier alpha value is -1.11. The topological polar surface area (TPSA) is 66.4 Å². The van der Waals surface area contributed by atoms with Crippen molar-refractivity contribution < 1.29 is 13.0 Å². The quantitative estimate of drug-likeness (QED) is 0.736. The molecule has 1 atom stereocenters. The van der Waals surface area contributed by atoms with Gasteiger partial charge in [0, 0.05) is 0 Å². The first-order valence-electron chi connectivity index (χ1n) is 7.82. The highest BCUT2D eigenvalue weighted by Gasteiger charge is 2.36. The molecule has 3 rings (SSSR count). The first-order valence-corrected chi connectivity index (χ1v) is 10.4. The Bertz CT molecular complexity index is 847. The van der Waals surface area contributed by atoms with Gasteiger partial charge in [-0.1, -0.05) is 53.5 Å². The van der Waals surface area contributed by atoms with Crippen LogP contribution in [0.5, 0.6) is 0 Å². The number of nitrogens with one attached hydrogen (secondary N) is 1. The summed E-state index contributed by atoms with van der Waals surface area (Å²) in [6.07, 6.45) is 4.09. The highest BCUT2D eigenvalue weighted by Crippen LogP contribution is 2.41. The molecule has 0 saturated carbocycles. The largest absolute Gasteiger partial charge is 0.307 e. The van der Waals surface area contributed by atoms with Crippen LogP contribution in [0.2, 0.25) is 10.0 Å². The zero-order valence-corrected chi connectivity index (χ0v) is 16.4. The minimum absolute atomic E-state index is 0.164. The Morgan fingerprint density at radius 3 is 2.36 bits per heavy atom. The van der Waals surface area contributed by atoms with Gasteiger partial charge in [0.15, 0.2) is 0 Å². The number of benzene rings is 2. The van der Waals surface area contributed by atoms with Gasteiger partial charge in [-0.05, 0) is 55.1 Å². The molecule has 7 heteroatoms. The molecule has 2 N–H and O–H groups in total. The number of halogens is 2. The summed E-state index contributed by atoms with van der Waals surface area (Å²) in [5.74, 6) is 0. The second kappa shape index (κ2) is 8.06. The SMILES string of the molecule is CNC1(c2ccc(Cl)c(Cl)c2)CCCc2ccccc21.CS(=O)(=O)O. The van der Waals surface area contributed by atoms with E-state index in [0.29, 0.717) is 16.3 Å². The molecular weight excluding hydrogens is 381 g/mol. The van der Waals surface area contributed by atoms with Crippen molar-refractivity contribution in [2.45, 2.75) is 24.8 Å². The Labute approximate surface area is 158 Å². The Morgan fingerprint density at radius 1 is 1.12 bits per heavy atom. The molecule has 1 aliphatic carbocycles. The van der Waals surface area contributed by atoms with Crippen molar-refractivity contribution in [2.24, 2.45) is 0 Å². The molecule has 0 amide bonds. The van der Waals surface area contributed by atoms with Crippen molar-refractivity contribution in [1.29, 1.82) is 0 Å². The summed E-state index contributed by atoms with van der Waals surface area (Å²) >= 11 is 12.3. The van der Waals surface area contributed by atoms with Gasteiger partial charge >= 0.3 is 0 Å². The molecule has 2 aromatic rings. The van der Waals surface area contributed by atoms with Crippen LogP contribution < -0.4 is 5.32 Å². The maximum atomic E-state index is 9.19. The number of rotatable bonds is 2. The third kappa shape index (κ3) is 4.96. The molecule has 0 aromatic heterocycles. The van der Waals surface area contributed by atoms with Crippen molar-refractivity contribution in [1.82, 2.24) is 5.32 Å². The van der Waals surface area contributed by atoms with Gasteiger partial charge in [-0.2, -0.15) is 8.42 Å². The molecule has 2 aromatic carbocycles. The first-order chi connectivity index (χ1) is 11.7. The van der Waals surface area contributed by atoms with E-state index in [0.717, 1.165) is 19.3 Å². The van der Waals surface area contributed by atoms with E-state index in [2.05, 4.69) is 35.6 Å². The van der Waals surface area contributed by atoms with Crippen LogP contribution in [0.3, 0.4) is 0 Å². The minimum Gasteiger partial charge on any atom is -0.307 e. The number of hydrogen-bond donors (Lipinski definition) is 2. The van der Waals surface area contributed by atoms with Crippen molar-refractivity contribution >= 4 is 33.3 Å². The molecule has 1 aliphatic rings. The standard InChI is InChI=1S/C17H17Cl2N.CH4O3S/c1-20-17(13-8-9-15(18)16(19)11-13)10-4-6-12-5-2-3-7-14(12)17;1-5(2,3)4/h2-3,5,7-9,11,20H,4,6,10H2,1H3;1H3,(H,2,3,4). The van der Waals surface area contributed by atoms with Crippen LogP contribution in [0.4, 0.5) is 0 Å². The second-order valence-corrected chi connectivity index (χ2v) is 8.31. The lowest BCUT2D eigenvalue weighted by atomic mass is 9.72. The average molecular weight is 402 g/mol. The predicted molar refractivity (Wildman–Crippen MR) is 103 cm³/mol. The normalized spacial score (nSPS) is 19.6. The van der Waals surface area contributed by atoms with Crippen molar-refractivity contribution in [3.05, 3.63) is 69.2 Å². The van der Waals surface area contributed by atoms with Gasteiger partial charge in [0.1, 0.15) is 0 Å². The van der Waals surface area contributed by atoms with Gasteiger partial charge in [0.05, 0.1) is 21.8 Å². The van der Waals surface area contributed by atoms with Gasteiger partial charge in [-0.15, -0.1) is 0 Å². The molecule has 136 valence electrons. The molecule has 25 heavy (non-hydrogen) atoms. The van der Waals surface area contributed by atoms with Crippen LogP contribution >= 0.6 is 23.2 Å². The van der Waals surface area contributed by atoms with Gasteiger partial charge in [-0.25, -0.2) is 0 Å². The van der Waals surface area contributed by atoms with Gasteiger partial charge < -0.3 is 5.32 Å². The van der Waals surface area contributed by atoms with Crippen LogP contribution in [0.25, 0.3) is 0 Å². The van der Waals surface area contributed by atoms with Gasteiger partial charge in [0.25, 0.3) is 10.1 Å². The lowest BCUT2D eigenvalue weighted by molar-refractivity contribution is 0.370. The van der Waals surface area contributed by atoms with Crippen LogP contribution in [0.1, 0.15) is 29.5 Å². The highest BCUT2D eigenvalue weighted by molar-refractivity contribution is 7.85. The van der Waals surface area contributed by atoms with E-state index < -0.39 is 10.1 Å². The Kier molecular flexibility index (Phi) is 6.51. The van der Waals surface area contributed by atoms with Crippen LogP contribution in [-0.4, -0.2) is 26.3 Å². The number of fused-ring (bicyclic) bond motifs is 1. The van der Waals surface area contributed by atoms with Crippen molar-refractivity contribution in [2.75, 3.05) is 13.3 Å². The Balaban J connectivity index is 0.000000399. The third-order valence-corrected chi connectivity index (χ3v) is 5.05. The Morgan fingerprint density at radius 2 is 1.76 bits per heavy atom. The third-order valence-electron chi connectivity index (χ3n) is 4.31. The van der Waals surface area contributed by atoms with Crippen molar-refractivity contribution in [3.8, 4) is 0 Å². The van der Waals surface area contributed by atoms with Gasteiger partial charge in [0.2, 0.25) is 0 Å². The fourth-order valence-corrected chi connectivity index (χ4v) is 3.60. The molecule has 0 radical (unpaired) electrons. The molecule has 0 heterocycles. The first kappa shape index (κ1) is 20.2. The van der Waals surface area contributed by atoms with E-state index in [1.807, 2.05) is 19.2 Å². The zero-order valence-electron chi connectivity index (χ0n) is 14.1. The molecule has 4 nitrogen and oxygen atoms in total. The summed E-state index contributed by atoms with van der Waals surface area (Å²) in [6.45, 7) is 0. The summed E-state index contributed by atoms with van der Waals surface area (Å²) < 4.78 is 25.9. The van der Waals surface area contributed by atoms with Crippen LogP contribution in [0.15, 0.2) is 42.5 Å². The molecule has 0 saturated heterocycles. The van der Waals surface area contributed by atoms with Gasteiger partial charge in [-0.3, -0.25) is 4.55 Å².